The summed E-state index contributed by atoms with van der Waals surface area (Å²) in [6.07, 6.45) is 11.4. The van der Waals surface area contributed by atoms with Crippen LogP contribution in [0.3, 0.4) is 0 Å². The Bertz CT molecular complexity index is 2620. The molecule has 3 aromatic heterocycles. The van der Waals surface area contributed by atoms with Crippen molar-refractivity contribution in [1.29, 1.82) is 0 Å². The van der Waals surface area contributed by atoms with Crippen molar-refractivity contribution in [3.63, 3.8) is 0 Å². The van der Waals surface area contributed by atoms with Crippen LogP contribution in [0.15, 0.2) is 93.0 Å². The molecule has 8 heteroatoms. The minimum absolute atomic E-state index is 0. The van der Waals surface area contributed by atoms with E-state index in [4.69, 9.17) is 13.8 Å². The van der Waals surface area contributed by atoms with Gasteiger partial charge in [-0.3, -0.25) is 9.78 Å². The maximum absolute atomic E-state index is 12.4. The number of pyridine rings is 1. The van der Waals surface area contributed by atoms with E-state index in [0.29, 0.717) is 17.2 Å². The molecule has 0 amide bonds. The van der Waals surface area contributed by atoms with Crippen LogP contribution in [0.1, 0.15) is 82.6 Å². The first-order valence-corrected chi connectivity index (χ1v) is 24.1. The summed E-state index contributed by atoms with van der Waals surface area (Å²) < 4.78 is 11.9. The van der Waals surface area contributed by atoms with E-state index in [1.165, 1.54) is 43.7 Å². The molecule has 0 spiro atoms. The van der Waals surface area contributed by atoms with Crippen LogP contribution in [0.25, 0.3) is 66.3 Å². The van der Waals surface area contributed by atoms with Crippen molar-refractivity contribution in [2.75, 3.05) is 0 Å². The first-order chi connectivity index (χ1) is 26.9. The van der Waals surface area contributed by atoms with E-state index in [9.17, 15) is 9.90 Å². The number of oxazole rings is 1. The smallest absolute Gasteiger partial charge is 0.192 e. The average Bonchev–Trinajstić information content (AvgIpc) is 3.79. The number of aliphatic hydroxyl groups excluding tert-OH is 1. The van der Waals surface area contributed by atoms with Gasteiger partial charge in [-0.2, -0.15) is 0 Å². The molecule has 2 aliphatic rings. The molecular formula is C49H53IrN2O4Si-. The number of aliphatic hydroxyl groups is 1. The van der Waals surface area contributed by atoms with E-state index in [-0.39, 0.29) is 37.7 Å². The predicted molar refractivity (Wildman–Crippen MR) is 232 cm³/mol. The van der Waals surface area contributed by atoms with Crippen molar-refractivity contribution < 1.29 is 38.8 Å². The fourth-order valence-electron chi connectivity index (χ4n) is 8.82. The van der Waals surface area contributed by atoms with Gasteiger partial charge in [0.15, 0.2) is 17.3 Å². The van der Waals surface area contributed by atoms with Crippen LogP contribution in [-0.2, 0) is 24.9 Å². The van der Waals surface area contributed by atoms with E-state index in [1.807, 2.05) is 38.1 Å². The molecule has 7 aromatic rings. The Morgan fingerprint density at radius 3 is 2.16 bits per heavy atom. The van der Waals surface area contributed by atoms with Crippen LogP contribution in [-0.4, -0.2) is 28.9 Å². The Balaban J connectivity index is 0.000000221. The number of ketones is 1. The Hall–Kier alpha value is -4.36. The summed E-state index contributed by atoms with van der Waals surface area (Å²) in [6, 6.07) is 29.1. The molecule has 3 heterocycles. The Labute approximate surface area is 350 Å². The Morgan fingerprint density at radius 2 is 1.44 bits per heavy atom. The van der Waals surface area contributed by atoms with Gasteiger partial charge >= 0.3 is 0 Å². The minimum Gasteiger partial charge on any atom is -0.512 e. The second-order valence-electron chi connectivity index (χ2n) is 17.1. The fraction of sp³-hybridized carbons (Fsp3) is 0.367. The molecule has 1 N–H and O–H groups in total. The van der Waals surface area contributed by atoms with Crippen molar-refractivity contribution in [1.82, 2.24) is 9.97 Å². The van der Waals surface area contributed by atoms with Gasteiger partial charge in [-0.1, -0.05) is 124 Å². The molecule has 2 aliphatic carbocycles. The number of Topliss-reactive ketones (excluding diaryl/α,β-unsaturated/α-hetero) is 1. The van der Waals surface area contributed by atoms with Gasteiger partial charge < -0.3 is 13.9 Å². The Kier molecular flexibility index (Phi) is 12.1. The third-order valence-corrected chi connectivity index (χ3v) is 14.1. The van der Waals surface area contributed by atoms with Crippen LogP contribution in [0.4, 0.5) is 0 Å². The van der Waals surface area contributed by atoms with Gasteiger partial charge in [-0.25, -0.2) is 4.98 Å². The van der Waals surface area contributed by atoms with E-state index < -0.39 is 8.07 Å². The number of allylic oxidation sites excluding steroid dienone is 2. The second-order valence-corrected chi connectivity index (χ2v) is 22.2. The predicted octanol–water partition coefficient (Wildman–Crippen LogP) is 13.1. The Morgan fingerprint density at radius 1 is 0.737 bits per heavy atom. The monoisotopic (exact) mass is 954 g/mol. The first-order valence-electron chi connectivity index (χ1n) is 20.6. The number of rotatable bonds is 6. The molecular weight excluding hydrogens is 901 g/mol. The molecule has 0 unspecified atom stereocenters. The van der Waals surface area contributed by atoms with Gasteiger partial charge in [0.25, 0.3) is 0 Å². The summed E-state index contributed by atoms with van der Waals surface area (Å²) in [5.74, 6) is 1.74. The molecule has 297 valence electrons. The molecule has 6 nitrogen and oxygen atoms in total. The van der Waals surface area contributed by atoms with Gasteiger partial charge in [-0.05, 0) is 73.7 Å². The van der Waals surface area contributed by atoms with Crippen molar-refractivity contribution in [3.05, 3.63) is 102 Å². The molecule has 4 aromatic carbocycles. The molecule has 0 atom stereocenters. The number of carbonyl (C=O) groups is 1. The molecule has 9 rings (SSSR count). The number of benzene rings is 4. The summed E-state index contributed by atoms with van der Waals surface area (Å²) in [6.45, 7) is 12.9. The van der Waals surface area contributed by atoms with E-state index in [1.54, 1.807) is 0 Å². The summed E-state index contributed by atoms with van der Waals surface area (Å²) >= 11 is 0. The number of aromatic nitrogens is 2. The molecule has 57 heavy (non-hydrogen) atoms. The summed E-state index contributed by atoms with van der Waals surface area (Å²) in [4.78, 5) is 22.1. The molecule has 1 radical (unpaired) electrons. The number of hydrogen-bond donors (Lipinski definition) is 1. The minimum atomic E-state index is -1.52. The number of furan rings is 1. The number of fused-ring (bicyclic) bond motifs is 5. The normalized spacial score (nSPS) is 16.0. The van der Waals surface area contributed by atoms with Gasteiger partial charge in [0, 0.05) is 55.2 Å². The number of nitrogens with zero attached hydrogens (tertiary/aromatic N) is 2. The molecule has 0 saturated heterocycles. The molecule has 2 saturated carbocycles. The number of carbonyl (C=O) groups excluding carboxylic acids is 1. The largest absolute Gasteiger partial charge is 0.512 e. The van der Waals surface area contributed by atoms with Gasteiger partial charge in [-0.15, -0.1) is 17.7 Å². The zero-order valence-corrected chi connectivity index (χ0v) is 37.4. The zero-order chi connectivity index (χ0) is 39.1. The summed E-state index contributed by atoms with van der Waals surface area (Å²) in [5.41, 5.74) is 10.1. The van der Waals surface area contributed by atoms with Gasteiger partial charge in [0.1, 0.15) is 16.9 Å². The zero-order valence-electron chi connectivity index (χ0n) is 34.1. The van der Waals surface area contributed by atoms with E-state index >= 15 is 0 Å². The average molecular weight is 954 g/mol. The van der Waals surface area contributed by atoms with Gasteiger partial charge in [0.05, 0.1) is 19.2 Å². The third kappa shape index (κ3) is 8.46. The standard InChI is InChI=1S/C33H27N2O2Si.C16H26O2.Ir/c1-19-14-22(15-27-24-8-6-7-9-31(24)37-33(19)27)29-18-25(21-10-13-32-30(16-21)34-20(2)36-32)26-17-23(38(3,4)5)11-12-28(26)35-29;1-12(15(17)13-8-4-2-5-9-13)16(18)14-10-6-3-7-11-14;/h6-13,15-18H,1-5H3;13-14,17H,2-11H2,1H3;/q-1;;/b;15-12-;. The topological polar surface area (TPSA) is 89.4 Å². The summed E-state index contributed by atoms with van der Waals surface area (Å²) in [5, 5.41) is 15.1. The quantitative estimate of drug-likeness (QED) is 0.0773. The first kappa shape index (κ1) is 40.8. The van der Waals surface area contributed by atoms with Crippen LogP contribution in [0, 0.1) is 31.7 Å². The van der Waals surface area contributed by atoms with Crippen LogP contribution < -0.4 is 5.19 Å². The van der Waals surface area contributed by atoms with Gasteiger partial charge in [0.2, 0.25) is 0 Å². The molecule has 0 aliphatic heterocycles. The van der Waals surface area contributed by atoms with Crippen molar-refractivity contribution in [2.24, 2.45) is 11.8 Å². The van der Waals surface area contributed by atoms with E-state index in [2.05, 4.69) is 86.1 Å². The SMILES string of the molecule is C/C(C(=O)C1CCCCC1)=C(/O)C1CCCCC1.Cc1nc2cc(-c3cc(-c4[c-]c(C)c5oc6ccccc6c5c4)nc4ccc([Si](C)(C)C)cc34)ccc2o1.[Ir]. The molecule has 0 bridgehead atoms. The van der Waals surface area contributed by atoms with E-state index in [0.717, 1.165) is 97.6 Å². The maximum Gasteiger partial charge on any atom is 0.192 e. The maximum atomic E-state index is 12.4. The van der Waals surface area contributed by atoms with Crippen molar-refractivity contribution in [2.45, 2.75) is 105 Å². The number of para-hydroxylation sites is 1. The number of hydrogen-bond acceptors (Lipinski definition) is 6. The fourth-order valence-corrected chi connectivity index (χ4v) is 9.98. The molecule has 2 fully saturated rings. The van der Waals surface area contributed by atoms with Crippen LogP contribution in [0.5, 0.6) is 0 Å². The third-order valence-electron chi connectivity index (χ3n) is 12.1. The van der Waals surface area contributed by atoms with Crippen molar-refractivity contribution in [3.8, 4) is 22.4 Å². The van der Waals surface area contributed by atoms with Crippen LogP contribution in [0.2, 0.25) is 19.6 Å². The number of aryl methyl sites for hydroxylation is 2. The summed E-state index contributed by atoms with van der Waals surface area (Å²) in [7, 11) is -1.52. The van der Waals surface area contributed by atoms with Crippen LogP contribution >= 0.6 is 0 Å². The van der Waals surface area contributed by atoms with Crippen molar-refractivity contribution >= 4 is 63.0 Å². The second kappa shape index (κ2) is 16.9.